The molecular weight excluding hydrogens is 306 g/mol. The minimum Gasteiger partial charge on any atom is -0.493 e. The Kier molecular flexibility index (Phi) is 4.41. The van der Waals surface area contributed by atoms with E-state index in [2.05, 4.69) is 33.4 Å². The maximum atomic E-state index is 5.76. The van der Waals surface area contributed by atoms with E-state index in [1.54, 1.807) is 0 Å². The van der Waals surface area contributed by atoms with E-state index in [1.165, 1.54) is 17.5 Å². The lowest BCUT2D eigenvalue weighted by Crippen LogP contribution is -2.28. The highest BCUT2D eigenvalue weighted by Crippen LogP contribution is 2.33. The number of hydrogen-bond donors (Lipinski definition) is 1. The van der Waals surface area contributed by atoms with Crippen molar-refractivity contribution in [3.63, 3.8) is 0 Å². The smallest absolute Gasteiger partial charge is 0.127 e. The van der Waals surface area contributed by atoms with Crippen molar-refractivity contribution in [1.29, 1.82) is 0 Å². The quantitative estimate of drug-likeness (QED) is 0.926. The molecule has 0 aliphatic carbocycles. The van der Waals surface area contributed by atoms with Crippen LogP contribution in [0.5, 0.6) is 5.75 Å². The minimum atomic E-state index is 0.568. The highest BCUT2D eigenvalue weighted by atomic mass is 79.9. The van der Waals surface area contributed by atoms with Gasteiger partial charge in [0.05, 0.1) is 6.61 Å². The molecule has 0 amide bonds. The summed E-state index contributed by atoms with van der Waals surface area (Å²) in [5, 5.41) is 3.65. The number of fused-ring (bicyclic) bond motifs is 1. The molecular formula is C15H20BrNO2. The Labute approximate surface area is 122 Å². The summed E-state index contributed by atoms with van der Waals surface area (Å²) in [6.07, 6.45) is 4.50. The first-order chi connectivity index (χ1) is 9.33. The first-order valence-electron chi connectivity index (χ1n) is 7.08. The molecule has 1 unspecified atom stereocenters. The molecule has 3 nitrogen and oxygen atoms in total. The van der Waals surface area contributed by atoms with Crippen LogP contribution in [0.2, 0.25) is 0 Å². The van der Waals surface area contributed by atoms with E-state index in [9.17, 15) is 0 Å². The lowest BCUT2D eigenvalue weighted by Gasteiger charge is -2.17. The summed E-state index contributed by atoms with van der Waals surface area (Å²) >= 11 is 3.59. The molecule has 0 aromatic heterocycles. The van der Waals surface area contributed by atoms with Gasteiger partial charge in [-0.1, -0.05) is 15.9 Å². The first kappa shape index (κ1) is 13.4. The van der Waals surface area contributed by atoms with Crippen LogP contribution in [-0.4, -0.2) is 25.9 Å². The van der Waals surface area contributed by atoms with Gasteiger partial charge in [-0.25, -0.2) is 0 Å². The van der Waals surface area contributed by atoms with Gasteiger partial charge in [-0.05, 0) is 37.0 Å². The fraction of sp³-hybridized carbons (Fsp3) is 0.600. The van der Waals surface area contributed by atoms with Crippen molar-refractivity contribution in [3.8, 4) is 5.75 Å². The van der Waals surface area contributed by atoms with Gasteiger partial charge in [-0.15, -0.1) is 0 Å². The molecule has 4 heteroatoms. The third-order valence-corrected chi connectivity index (χ3v) is 4.32. The molecule has 0 spiro atoms. The van der Waals surface area contributed by atoms with E-state index in [1.807, 2.05) is 0 Å². The standard InChI is InChI=1S/C15H20BrNO2/c16-13-8-11-3-7-19-15(11)12(9-13)10-17-14-2-1-5-18-6-4-14/h8-9,14,17H,1-7,10H2. The summed E-state index contributed by atoms with van der Waals surface area (Å²) in [6, 6.07) is 4.91. The van der Waals surface area contributed by atoms with Crippen LogP contribution in [0.1, 0.15) is 30.4 Å². The van der Waals surface area contributed by atoms with E-state index in [0.717, 1.165) is 55.9 Å². The first-order valence-corrected chi connectivity index (χ1v) is 7.87. The summed E-state index contributed by atoms with van der Waals surface area (Å²) in [5.41, 5.74) is 2.60. The lowest BCUT2D eigenvalue weighted by atomic mass is 10.1. The van der Waals surface area contributed by atoms with Crippen LogP contribution in [0.4, 0.5) is 0 Å². The molecule has 1 N–H and O–H groups in total. The number of rotatable bonds is 3. The third kappa shape index (κ3) is 3.30. The second kappa shape index (κ2) is 6.25. The van der Waals surface area contributed by atoms with E-state index in [0.29, 0.717) is 6.04 Å². The van der Waals surface area contributed by atoms with Gasteiger partial charge >= 0.3 is 0 Å². The second-order valence-corrected chi connectivity index (χ2v) is 6.19. The van der Waals surface area contributed by atoms with E-state index >= 15 is 0 Å². The number of halogens is 1. The van der Waals surface area contributed by atoms with Crippen molar-refractivity contribution >= 4 is 15.9 Å². The van der Waals surface area contributed by atoms with Crippen LogP contribution in [0.3, 0.4) is 0 Å². The van der Waals surface area contributed by atoms with Crippen LogP contribution < -0.4 is 10.1 Å². The summed E-state index contributed by atoms with van der Waals surface area (Å²) in [7, 11) is 0. The monoisotopic (exact) mass is 325 g/mol. The predicted molar refractivity (Wildman–Crippen MR) is 78.6 cm³/mol. The molecule has 3 rings (SSSR count). The number of ether oxygens (including phenoxy) is 2. The SMILES string of the molecule is Brc1cc2c(c(CNC3CCCOCC3)c1)OCC2. The van der Waals surface area contributed by atoms with Crippen LogP contribution >= 0.6 is 15.9 Å². The van der Waals surface area contributed by atoms with Gasteiger partial charge in [-0.2, -0.15) is 0 Å². The van der Waals surface area contributed by atoms with Gasteiger partial charge in [0.15, 0.2) is 0 Å². The molecule has 0 saturated carbocycles. The fourth-order valence-electron chi connectivity index (χ4n) is 2.84. The predicted octanol–water partition coefficient (Wildman–Crippen LogP) is 3.04. The normalized spacial score (nSPS) is 22.7. The maximum absolute atomic E-state index is 5.76. The van der Waals surface area contributed by atoms with E-state index in [-0.39, 0.29) is 0 Å². The number of nitrogens with one attached hydrogen (secondary N) is 1. The largest absolute Gasteiger partial charge is 0.493 e. The highest BCUT2D eigenvalue weighted by molar-refractivity contribution is 9.10. The number of benzene rings is 1. The Morgan fingerprint density at radius 3 is 3.11 bits per heavy atom. The summed E-state index contributed by atoms with van der Waals surface area (Å²) in [4.78, 5) is 0. The molecule has 1 fully saturated rings. The molecule has 1 saturated heterocycles. The fourth-order valence-corrected chi connectivity index (χ4v) is 3.39. The Morgan fingerprint density at radius 1 is 1.21 bits per heavy atom. The van der Waals surface area contributed by atoms with Gasteiger partial charge < -0.3 is 14.8 Å². The van der Waals surface area contributed by atoms with Crippen molar-refractivity contribution in [2.45, 2.75) is 38.3 Å². The average molecular weight is 326 g/mol. The molecule has 1 aromatic rings. The molecule has 19 heavy (non-hydrogen) atoms. The molecule has 2 heterocycles. The van der Waals surface area contributed by atoms with Gasteiger partial charge in [0, 0.05) is 42.3 Å². The lowest BCUT2D eigenvalue weighted by molar-refractivity contribution is 0.142. The molecule has 1 atom stereocenters. The Balaban J connectivity index is 1.66. The van der Waals surface area contributed by atoms with Crippen molar-refractivity contribution in [1.82, 2.24) is 5.32 Å². The zero-order chi connectivity index (χ0) is 13.1. The maximum Gasteiger partial charge on any atom is 0.127 e. The Bertz CT molecular complexity index is 442. The number of hydrogen-bond acceptors (Lipinski definition) is 3. The molecule has 0 bridgehead atoms. The van der Waals surface area contributed by atoms with E-state index < -0.39 is 0 Å². The Morgan fingerprint density at radius 2 is 2.16 bits per heavy atom. The van der Waals surface area contributed by atoms with E-state index in [4.69, 9.17) is 9.47 Å². The third-order valence-electron chi connectivity index (χ3n) is 3.86. The molecule has 104 valence electrons. The van der Waals surface area contributed by atoms with Gasteiger partial charge in [-0.3, -0.25) is 0 Å². The van der Waals surface area contributed by atoms with Crippen molar-refractivity contribution < 1.29 is 9.47 Å². The molecule has 1 aromatic carbocycles. The van der Waals surface area contributed by atoms with Gasteiger partial charge in [0.25, 0.3) is 0 Å². The minimum absolute atomic E-state index is 0.568. The summed E-state index contributed by atoms with van der Waals surface area (Å²) < 4.78 is 12.4. The summed E-state index contributed by atoms with van der Waals surface area (Å²) in [5.74, 6) is 1.10. The average Bonchev–Trinajstić information content (AvgIpc) is 2.71. The molecule has 2 aliphatic rings. The zero-order valence-corrected chi connectivity index (χ0v) is 12.7. The second-order valence-electron chi connectivity index (χ2n) is 5.27. The van der Waals surface area contributed by atoms with Crippen LogP contribution in [0.15, 0.2) is 16.6 Å². The van der Waals surface area contributed by atoms with Crippen molar-refractivity contribution in [3.05, 3.63) is 27.7 Å². The molecule has 0 radical (unpaired) electrons. The van der Waals surface area contributed by atoms with Gasteiger partial charge in [0.1, 0.15) is 5.75 Å². The van der Waals surface area contributed by atoms with Crippen molar-refractivity contribution in [2.24, 2.45) is 0 Å². The highest BCUT2D eigenvalue weighted by Gasteiger charge is 2.18. The van der Waals surface area contributed by atoms with Crippen LogP contribution in [0, 0.1) is 0 Å². The van der Waals surface area contributed by atoms with Gasteiger partial charge in [0.2, 0.25) is 0 Å². The zero-order valence-electron chi connectivity index (χ0n) is 11.1. The Hall–Kier alpha value is -0.580. The topological polar surface area (TPSA) is 30.5 Å². The van der Waals surface area contributed by atoms with Crippen LogP contribution in [-0.2, 0) is 17.7 Å². The summed E-state index contributed by atoms with van der Waals surface area (Å²) in [6.45, 7) is 3.49. The molecule has 2 aliphatic heterocycles. The van der Waals surface area contributed by atoms with Crippen molar-refractivity contribution in [2.75, 3.05) is 19.8 Å². The van der Waals surface area contributed by atoms with Crippen LogP contribution in [0.25, 0.3) is 0 Å².